The van der Waals surface area contributed by atoms with Crippen molar-refractivity contribution in [2.75, 3.05) is 6.54 Å². The zero-order valence-corrected chi connectivity index (χ0v) is 5.63. The minimum atomic E-state index is -0.409. The van der Waals surface area contributed by atoms with Gasteiger partial charge in [0.25, 0.3) is 0 Å². The van der Waals surface area contributed by atoms with Crippen LogP contribution in [0.2, 0.25) is 0 Å². The number of hydrogen-bond donors (Lipinski definition) is 0. The summed E-state index contributed by atoms with van der Waals surface area (Å²) >= 11 is 0. The summed E-state index contributed by atoms with van der Waals surface area (Å²) in [7, 11) is 0. The molecule has 0 aromatic carbocycles. The lowest BCUT2D eigenvalue weighted by Crippen LogP contribution is -2.17. The van der Waals surface area contributed by atoms with Gasteiger partial charge < -0.3 is 4.74 Å². The van der Waals surface area contributed by atoms with E-state index >= 15 is 0 Å². The smallest absolute Gasteiger partial charge is 0.429 e. The number of cyclic esters (lactones) is 1. The molecule has 9 heavy (non-hydrogen) atoms. The van der Waals surface area contributed by atoms with Gasteiger partial charge in [0.05, 0.1) is 6.54 Å². The molecule has 3 nitrogen and oxygen atoms in total. The Balaban J connectivity index is 2.39. The Labute approximate surface area is 54.4 Å². The third kappa shape index (κ3) is 1.34. The van der Waals surface area contributed by atoms with E-state index in [1.807, 2.05) is 13.8 Å². The Morgan fingerprint density at radius 2 is 2.44 bits per heavy atom. The van der Waals surface area contributed by atoms with Crippen molar-refractivity contribution in [3.8, 4) is 0 Å². The van der Waals surface area contributed by atoms with Crippen molar-refractivity contribution in [2.24, 2.45) is 5.92 Å². The van der Waals surface area contributed by atoms with Gasteiger partial charge in [0, 0.05) is 0 Å². The second-order valence-corrected chi connectivity index (χ2v) is 2.51. The van der Waals surface area contributed by atoms with Gasteiger partial charge in [0.2, 0.25) is 0 Å². The highest BCUT2D eigenvalue weighted by Crippen LogP contribution is 2.10. The summed E-state index contributed by atoms with van der Waals surface area (Å²) in [6, 6.07) is 0. The van der Waals surface area contributed by atoms with Gasteiger partial charge in [-0.1, -0.05) is 13.8 Å². The van der Waals surface area contributed by atoms with Gasteiger partial charge in [-0.2, -0.15) is 0 Å². The second-order valence-electron chi connectivity index (χ2n) is 2.51. The molecule has 0 bridgehead atoms. The van der Waals surface area contributed by atoms with E-state index in [4.69, 9.17) is 4.74 Å². The first-order valence-corrected chi connectivity index (χ1v) is 3.08. The number of carbonyl (C=O) groups excluding carboxylic acids is 1. The number of hydrogen-bond acceptors (Lipinski definition) is 2. The van der Waals surface area contributed by atoms with Crippen LogP contribution in [0.25, 0.3) is 0 Å². The first-order chi connectivity index (χ1) is 4.20. The van der Waals surface area contributed by atoms with Gasteiger partial charge in [-0.15, -0.1) is 0 Å². The maximum Gasteiger partial charge on any atom is 0.429 e. The Morgan fingerprint density at radius 3 is 2.67 bits per heavy atom. The van der Waals surface area contributed by atoms with Gasteiger partial charge in [-0.05, 0) is 5.92 Å². The van der Waals surface area contributed by atoms with Gasteiger partial charge in [0.15, 0.2) is 0 Å². The third-order valence-corrected chi connectivity index (χ3v) is 1.40. The monoisotopic (exact) mass is 128 g/mol. The van der Waals surface area contributed by atoms with Crippen molar-refractivity contribution in [2.45, 2.75) is 20.0 Å². The fourth-order valence-electron chi connectivity index (χ4n) is 0.715. The van der Waals surface area contributed by atoms with Crippen molar-refractivity contribution in [1.29, 1.82) is 0 Å². The highest BCUT2D eigenvalue weighted by Gasteiger charge is 2.26. The van der Waals surface area contributed by atoms with Crippen LogP contribution >= 0.6 is 0 Å². The lowest BCUT2D eigenvalue weighted by molar-refractivity contribution is 0.115. The lowest BCUT2D eigenvalue weighted by atomic mass is 10.1. The highest BCUT2D eigenvalue weighted by atomic mass is 16.6. The van der Waals surface area contributed by atoms with Gasteiger partial charge >= 0.3 is 6.09 Å². The van der Waals surface area contributed by atoms with Crippen LogP contribution in [0.15, 0.2) is 0 Å². The van der Waals surface area contributed by atoms with E-state index in [1.54, 1.807) is 0 Å². The summed E-state index contributed by atoms with van der Waals surface area (Å²) in [6.07, 6.45) is -0.383. The molecule has 1 aliphatic rings. The van der Waals surface area contributed by atoms with Crippen LogP contribution in [-0.2, 0) is 4.74 Å². The van der Waals surface area contributed by atoms with Crippen LogP contribution in [0.1, 0.15) is 13.8 Å². The van der Waals surface area contributed by atoms with E-state index in [-0.39, 0.29) is 6.10 Å². The summed E-state index contributed by atoms with van der Waals surface area (Å²) in [6.45, 7) is 4.56. The molecule has 0 saturated carbocycles. The number of rotatable bonds is 1. The predicted molar refractivity (Wildman–Crippen MR) is 32.1 cm³/mol. The molecule has 0 N–H and O–H groups in total. The molecule has 3 heteroatoms. The Morgan fingerprint density at radius 1 is 1.78 bits per heavy atom. The van der Waals surface area contributed by atoms with Crippen molar-refractivity contribution in [1.82, 2.24) is 5.32 Å². The van der Waals surface area contributed by atoms with Gasteiger partial charge in [-0.3, -0.25) is 0 Å². The molecule has 1 radical (unpaired) electrons. The number of carbonyl (C=O) groups is 1. The summed E-state index contributed by atoms with van der Waals surface area (Å²) in [5, 5.41) is 3.58. The summed E-state index contributed by atoms with van der Waals surface area (Å²) in [5.74, 6) is 0.389. The van der Waals surface area contributed by atoms with Crippen molar-refractivity contribution in [3.05, 3.63) is 0 Å². The van der Waals surface area contributed by atoms with Crippen LogP contribution < -0.4 is 5.32 Å². The minimum absolute atomic E-state index is 0.0255. The largest absolute Gasteiger partial charge is 0.443 e. The standard InChI is InChI=1S/C6H10NO2/c1-4(2)5-3-7-6(8)9-5/h4-5H,3H2,1-2H3. The fourth-order valence-corrected chi connectivity index (χ4v) is 0.715. The maximum absolute atomic E-state index is 10.4. The number of ether oxygens (including phenoxy) is 1. The van der Waals surface area contributed by atoms with Crippen LogP contribution in [0.5, 0.6) is 0 Å². The SMILES string of the molecule is CC(C)C1C[N]C(=O)O1. The normalized spacial score (nSPS) is 26.1. The maximum atomic E-state index is 10.4. The number of amides is 1. The molecule has 1 fully saturated rings. The molecule has 1 aliphatic heterocycles. The first kappa shape index (κ1) is 6.39. The van der Waals surface area contributed by atoms with E-state index in [0.717, 1.165) is 0 Å². The average Bonchev–Trinajstić information content (AvgIpc) is 2.14. The van der Waals surface area contributed by atoms with E-state index in [2.05, 4.69) is 5.32 Å². The van der Waals surface area contributed by atoms with Gasteiger partial charge in [0.1, 0.15) is 6.10 Å². The second kappa shape index (κ2) is 2.25. The van der Waals surface area contributed by atoms with Crippen LogP contribution in [0.4, 0.5) is 4.79 Å². The van der Waals surface area contributed by atoms with Crippen LogP contribution in [-0.4, -0.2) is 18.7 Å². The molecule has 1 rings (SSSR count). The molecule has 0 aliphatic carbocycles. The van der Waals surface area contributed by atoms with Crippen LogP contribution in [0.3, 0.4) is 0 Å². The molecule has 51 valence electrons. The molecule has 1 heterocycles. The molecular weight excluding hydrogens is 118 g/mol. The molecular formula is C6H10NO2. The Kier molecular flexibility index (Phi) is 1.60. The predicted octanol–water partition coefficient (Wildman–Crippen LogP) is 0.766. The molecule has 0 spiro atoms. The Bertz CT molecular complexity index is 122. The van der Waals surface area contributed by atoms with E-state index in [0.29, 0.717) is 12.5 Å². The third-order valence-electron chi connectivity index (χ3n) is 1.40. The number of nitrogens with zero attached hydrogens (tertiary/aromatic N) is 1. The zero-order chi connectivity index (χ0) is 6.85. The zero-order valence-electron chi connectivity index (χ0n) is 5.63. The lowest BCUT2D eigenvalue weighted by Gasteiger charge is -2.09. The molecule has 1 amide bonds. The Hall–Kier alpha value is -0.730. The minimum Gasteiger partial charge on any atom is -0.443 e. The fraction of sp³-hybridized carbons (Fsp3) is 0.833. The average molecular weight is 128 g/mol. The summed E-state index contributed by atoms with van der Waals surface area (Å²) in [4.78, 5) is 10.4. The molecule has 1 atom stereocenters. The van der Waals surface area contributed by atoms with Crippen molar-refractivity contribution >= 4 is 6.09 Å². The first-order valence-electron chi connectivity index (χ1n) is 3.08. The topological polar surface area (TPSA) is 40.4 Å². The van der Waals surface area contributed by atoms with Crippen molar-refractivity contribution < 1.29 is 9.53 Å². The molecule has 0 aromatic rings. The van der Waals surface area contributed by atoms with E-state index < -0.39 is 6.09 Å². The highest BCUT2D eigenvalue weighted by molar-refractivity contribution is 5.68. The summed E-state index contributed by atoms with van der Waals surface area (Å²) < 4.78 is 4.82. The van der Waals surface area contributed by atoms with E-state index in [1.165, 1.54) is 0 Å². The summed E-state index contributed by atoms with van der Waals surface area (Å²) in [5.41, 5.74) is 0. The molecule has 0 aromatic heterocycles. The quantitative estimate of drug-likeness (QED) is 0.523. The van der Waals surface area contributed by atoms with Crippen LogP contribution in [0, 0.1) is 5.92 Å². The molecule has 1 unspecified atom stereocenters. The molecule has 1 saturated heterocycles. The van der Waals surface area contributed by atoms with Crippen molar-refractivity contribution in [3.63, 3.8) is 0 Å². The van der Waals surface area contributed by atoms with E-state index in [9.17, 15) is 4.79 Å². The van der Waals surface area contributed by atoms with Gasteiger partial charge in [-0.25, -0.2) is 10.1 Å².